The molecule has 0 aromatic rings. The van der Waals surface area contributed by atoms with Crippen molar-refractivity contribution in [3.8, 4) is 0 Å². The molecule has 6 nitrogen and oxygen atoms in total. The van der Waals surface area contributed by atoms with Crippen LogP contribution in [0.2, 0.25) is 0 Å². The highest BCUT2D eigenvalue weighted by molar-refractivity contribution is 14.0. The minimum absolute atomic E-state index is 0. The fourth-order valence-electron chi connectivity index (χ4n) is 4.67. The van der Waals surface area contributed by atoms with Crippen molar-refractivity contribution in [3.05, 3.63) is 0 Å². The molecule has 0 aromatic heterocycles. The molecular formula is C22H45IN4O2. The van der Waals surface area contributed by atoms with Crippen molar-refractivity contribution in [1.29, 1.82) is 0 Å². The van der Waals surface area contributed by atoms with E-state index in [0.29, 0.717) is 11.3 Å². The molecule has 2 rings (SSSR count). The molecular weight excluding hydrogens is 479 g/mol. The van der Waals surface area contributed by atoms with E-state index in [0.717, 1.165) is 77.7 Å². The van der Waals surface area contributed by atoms with Crippen LogP contribution < -0.4 is 10.6 Å². The van der Waals surface area contributed by atoms with Gasteiger partial charge in [0.1, 0.15) is 0 Å². The Morgan fingerprint density at radius 3 is 2.45 bits per heavy atom. The van der Waals surface area contributed by atoms with Gasteiger partial charge in [-0.25, -0.2) is 0 Å². The number of ether oxygens (including phenoxy) is 1. The Balaban J connectivity index is 0.00000420. The van der Waals surface area contributed by atoms with Crippen LogP contribution in [0.3, 0.4) is 0 Å². The Labute approximate surface area is 195 Å². The molecule has 7 heteroatoms. The van der Waals surface area contributed by atoms with E-state index in [1.54, 1.807) is 0 Å². The lowest BCUT2D eigenvalue weighted by atomic mass is 9.73. The Morgan fingerprint density at radius 2 is 1.83 bits per heavy atom. The zero-order valence-corrected chi connectivity index (χ0v) is 21.1. The summed E-state index contributed by atoms with van der Waals surface area (Å²) in [6.45, 7) is 12.3. The summed E-state index contributed by atoms with van der Waals surface area (Å²) in [4.78, 5) is 7.63. The van der Waals surface area contributed by atoms with Gasteiger partial charge in [0, 0.05) is 51.3 Å². The molecule has 0 radical (unpaired) electrons. The highest BCUT2D eigenvalue weighted by Crippen LogP contribution is 2.37. The van der Waals surface area contributed by atoms with Crippen molar-refractivity contribution in [2.24, 2.45) is 16.3 Å². The smallest absolute Gasteiger partial charge is 0.191 e. The van der Waals surface area contributed by atoms with Gasteiger partial charge < -0.3 is 20.5 Å². The minimum atomic E-state index is 0. The molecule has 1 atom stereocenters. The van der Waals surface area contributed by atoms with Gasteiger partial charge in [0.25, 0.3) is 0 Å². The van der Waals surface area contributed by atoms with Crippen molar-refractivity contribution in [2.75, 3.05) is 59.1 Å². The first-order valence-electron chi connectivity index (χ1n) is 11.6. The van der Waals surface area contributed by atoms with Gasteiger partial charge in [-0.2, -0.15) is 0 Å². The van der Waals surface area contributed by atoms with Gasteiger partial charge in [-0.1, -0.05) is 32.6 Å². The van der Waals surface area contributed by atoms with Crippen molar-refractivity contribution in [2.45, 2.75) is 65.2 Å². The van der Waals surface area contributed by atoms with Gasteiger partial charge in [0.15, 0.2) is 5.96 Å². The number of morpholine rings is 1. The average molecular weight is 525 g/mol. The van der Waals surface area contributed by atoms with E-state index in [1.807, 2.05) is 0 Å². The van der Waals surface area contributed by atoms with Crippen molar-refractivity contribution < 1.29 is 9.84 Å². The summed E-state index contributed by atoms with van der Waals surface area (Å²) in [5.74, 6) is 1.45. The number of aliphatic hydroxyl groups is 1. The van der Waals surface area contributed by atoms with Crippen molar-refractivity contribution >= 4 is 29.9 Å². The van der Waals surface area contributed by atoms with Crippen molar-refractivity contribution in [3.63, 3.8) is 0 Å². The second-order valence-corrected chi connectivity index (χ2v) is 8.69. The first-order chi connectivity index (χ1) is 13.7. The number of hydrogen-bond donors (Lipinski definition) is 3. The largest absolute Gasteiger partial charge is 0.396 e. The Bertz CT molecular complexity index is 433. The molecule has 1 saturated heterocycles. The van der Waals surface area contributed by atoms with E-state index in [1.165, 1.54) is 32.1 Å². The zero-order valence-electron chi connectivity index (χ0n) is 18.8. The van der Waals surface area contributed by atoms with Crippen molar-refractivity contribution in [1.82, 2.24) is 15.5 Å². The molecule has 1 saturated carbocycles. The fraction of sp³-hybridized carbons (Fsp3) is 0.955. The summed E-state index contributed by atoms with van der Waals surface area (Å²) < 4.78 is 5.54. The molecule has 0 amide bonds. The lowest BCUT2D eigenvalue weighted by Gasteiger charge is -2.41. The van der Waals surface area contributed by atoms with Crippen LogP contribution in [-0.4, -0.2) is 75.1 Å². The summed E-state index contributed by atoms with van der Waals surface area (Å²) in [5.41, 5.74) is 0.311. The number of hydrogen-bond acceptors (Lipinski definition) is 4. The molecule has 0 aromatic carbocycles. The number of aliphatic imine (C=N–C) groups is 1. The SMILES string of the molecule is CCCC(CCO)CNC(=NCC1(CN2CCOCC2)CCCCC1)NCC.I. The van der Waals surface area contributed by atoms with Crippen LogP contribution in [0.15, 0.2) is 4.99 Å². The number of aliphatic hydroxyl groups excluding tert-OH is 1. The number of nitrogens with one attached hydrogen (secondary N) is 2. The predicted molar refractivity (Wildman–Crippen MR) is 132 cm³/mol. The Kier molecular flexibility index (Phi) is 14.5. The topological polar surface area (TPSA) is 69.1 Å². The monoisotopic (exact) mass is 524 g/mol. The fourth-order valence-corrected chi connectivity index (χ4v) is 4.67. The summed E-state index contributed by atoms with van der Waals surface area (Å²) in [6.07, 6.45) is 9.77. The first-order valence-corrected chi connectivity index (χ1v) is 11.6. The van der Waals surface area contributed by atoms with Gasteiger partial charge in [-0.3, -0.25) is 9.89 Å². The predicted octanol–water partition coefficient (Wildman–Crippen LogP) is 3.24. The second kappa shape index (κ2) is 15.6. The van der Waals surface area contributed by atoms with Gasteiger partial charge in [0.2, 0.25) is 0 Å². The van der Waals surface area contributed by atoms with Gasteiger partial charge in [-0.05, 0) is 38.5 Å². The highest BCUT2D eigenvalue weighted by atomic mass is 127. The van der Waals surface area contributed by atoms with Crippen LogP contribution in [0.4, 0.5) is 0 Å². The number of nitrogens with zero attached hydrogens (tertiary/aromatic N) is 2. The third-order valence-corrected chi connectivity index (χ3v) is 6.29. The summed E-state index contributed by atoms with van der Waals surface area (Å²) in [5, 5.41) is 16.3. The maximum atomic E-state index is 9.31. The molecule has 1 unspecified atom stereocenters. The van der Waals surface area contributed by atoms with Gasteiger partial charge >= 0.3 is 0 Å². The van der Waals surface area contributed by atoms with E-state index < -0.39 is 0 Å². The maximum absolute atomic E-state index is 9.31. The average Bonchev–Trinajstić information content (AvgIpc) is 2.72. The van der Waals surface area contributed by atoms with Crippen LogP contribution in [0.5, 0.6) is 0 Å². The summed E-state index contributed by atoms with van der Waals surface area (Å²) >= 11 is 0. The molecule has 1 aliphatic heterocycles. The second-order valence-electron chi connectivity index (χ2n) is 8.69. The zero-order chi connectivity index (χ0) is 20.1. The molecule has 172 valence electrons. The van der Waals surface area contributed by atoms with Crippen LogP contribution in [-0.2, 0) is 4.74 Å². The lowest BCUT2D eigenvalue weighted by molar-refractivity contribution is 0.00937. The van der Waals surface area contributed by atoms with Crippen LogP contribution in [0.25, 0.3) is 0 Å². The standard InChI is InChI=1S/C22H44N4O2.HI/c1-3-8-20(9-14-27)17-24-21(23-4-2)25-18-22(10-6-5-7-11-22)19-26-12-15-28-16-13-26;/h20,27H,3-19H2,1-2H3,(H2,23,24,25);1H. The Hall–Kier alpha value is -0.120. The quantitative estimate of drug-likeness (QED) is 0.220. The summed E-state index contributed by atoms with van der Waals surface area (Å²) in [7, 11) is 0. The van der Waals surface area contributed by atoms with Crippen LogP contribution in [0.1, 0.15) is 65.2 Å². The third-order valence-electron chi connectivity index (χ3n) is 6.29. The van der Waals surface area contributed by atoms with E-state index >= 15 is 0 Å². The molecule has 2 aliphatic rings. The molecule has 29 heavy (non-hydrogen) atoms. The van der Waals surface area contributed by atoms with E-state index in [2.05, 4.69) is 29.4 Å². The van der Waals surface area contributed by atoms with Gasteiger partial charge in [0.05, 0.1) is 13.2 Å². The Morgan fingerprint density at radius 1 is 1.10 bits per heavy atom. The number of rotatable bonds is 11. The number of halogens is 1. The van der Waals surface area contributed by atoms with E-state index in [4.69, 9.17) is 9.73 Å². The van der Waals surface area contributed by atoms with Crippen LogP contribution >= 0.6 is 24.0 Å². The minimum Gasteiger partial charge on any atom is -0.396 e. The normalized spacial score (nSPS) is 21.3. The van der Waals surface area contributed by atoms with E-state index in [-0.39, 0.29) is 30.6 Å². The highest BCUT2D eigenvalue weighted by Gasteiger charge is 2.34. The molecule has 1 heterocycles. The third kappa shape index (κ3) is 10.2. The molecule has 3 N–H and O–H groups in total. The molecule has 0 spiro atoms. The molecule has 1 aliphatic carbocycles. The number of guanidine groups is 1. The van der Waals surface area contributed by atoms with Crippen LogP contribution in [0, 0.1) is 11.3 Å². The van der Waals surface area contributed by atoms with Gasteiger partial charge in [-0.15, -0.1) is 24.0 Å². The molecule has 2 fully saturated rings. The first kappa shape index (κ1) is 26.9. The summed E-state index contributed by atoms with van der Waals surface area (Å²) in [6, 6.07) is 0. The lowest BCUT2D eigenvalue weighted by Crippen LogP contribution is -2.47. The molecule has 0 bridgehead atoms. The van der Waals surface area contributed by atoms with E-state index in [9.17, 15) is 5.11 Å². The maximum Gasteiger partial charge on any atom is 0.191 e.